The number of aliphatic hydroxyl groups excluding tert-OH is 1. The molecule has 4 atom stereocenters. The lowest BCUT2D eigenvalue weighted by Gasteiger charge is -2.66. The van der Waals surface area contributed by atoms with Gasteiger partial charge in [0.2, 0.25) is 10.0 Å². The summed E-state index contributed by atoms with van der Waals surface area (Å²) >= 11 is 0. The Morgan fingerprint density at radius 3 is 2.68 bits per heavy atom. The molecule has 4 saturated carbocycles. The van der Waals surface area contributed by atoms with Crippen molar-refractivity contribution in [2.24, 2.45) is 28.6 Å². The number of aromatic nitrogens is 2. The molecule has 4 bridgehead atoms. The van der Waals surface area contributed by atoms with Crippen molar-refractivity contribution in [3.63, 3.8) is 0 Å². The van der Waals surface area contributed by atoms with E-state index in [2.05, 4.69) is 21.2 Å². The number of unbranched alkanes of at least 4 members (excludes halogenated alkanes) is 2. The number of nitrogens with zero attached hydrogens (tertiary/aromatic N) is 2. The van der Waals surface area contributed by atoms with Crippen LogP contribution in [-0.4, -0.2) is 42.0 Å². The van der Waals surface area contributed by atoms with Crippen molar-refractivity contribution >= 4 is 10.0 Å². The van der Waals surface area contributed by atoms with Crippen molar-refractivity contribution in [2.75, 3.05) is 12.8 Å². The fraction of sp³-hybridized carbons (Fsp3) is 0.690. The van der Waals surface area contributed by atoms with E-state index in [-0.39, 0.29) is 17.3 Å². The van der Waals surface area contributed by atoms with Gasteiger partial charge in [-0.3, -0.25) is 0 Å². The fourth-order valence-electron chi connectivity index (χ4n) is 8.95. The van der Waals surface area contributed by atoms with E-state index in [1.807, 2.05) is 6.07 Å². The summed E-state index contributed by atoms with van der Waals surface area (Å²) in [6.45, 7) is 3.00. The first-order valence-corrected chi connectivity index (χ1v) is 15.9. The molecule has 0 spiro atoms. The molecule has 6 nitrogen and oxygen atoms in total. The van der Waals surface area contributed by atoms with Gasteiger partial charge >= 0.3 is 0 Å². The quantitative estimate of drug-likeness (QED) is 0.410. The number of nitrogens with one attached hydrogen (secondary N) is 1. The molecule has 4 fully saturated rings. The Labute approximate surface area is 220 Å². The average molecular weight is 530 g/mol. The van der Waals surface area contributed by atoms with Gasteiger partial charge in [0.25, 0.3) is 0 Å². The molecule has 0 saturated heterocycles. The predicted molar refractivity (Wildman–Crippen MR) is 142 cm³/mol. The summed E-state index contributed by atoms with van der Waals surface area (Å²) in [7, 11) is -3.11. The van der Waals surface area contributed by atoms with Gasteiger partial charge in [0.05, 0.1) is 36.6 Å². The fourth-order valence-corrected chi connectivity index (χ4v) is 9.47. The van der Waals surface area contributed by atoms with Crippen LogP contribution in [-0.2, 0) is 10.0 Å². The molecule has 1 aromatic carbocycles. The molecule has 4 unspecified atom stereocenters. The van der Waals surface area contributed by atoms with Crippen molar-refractivity contribution < 1.29 is 17.9 Å². The topological polar surface area (TPSA) is 84.2 Å². The summed E-state index contributed by atoms with van der Waals surface area (Å²) in [5, 5.41) is 11.9. The standard InChI is InChI=1S/C29H40FN3O3S/c1-28(9-4-3-5-10-32-37(2,35)36)20-11-19-12-21(28)16-29(14-19,15-20)26(34)13-24-27-22(7-6-8-23(27)30)25-17-31-18-33(24)25/h6-8,17-21,24,26,32,34H,3-5,9-16H2,1-2H3. The maximum atomic E-state index is 15.0. The van der Waals surface area contributed by atoms with Crippen molar-refractivity contribution in [3.05, 3.63) is 42.1 Å². The second-order valence-corrected chi connectivity index (χ2v) is 14.7. The molecule has 202 valence electrons. The number of sulfonamides is 1. The normalized spacial score (nSPS) is 34.5. The van der Waals surface area contributed by atoms with E-state index in [0.717, 1.165) is 49.8 Å². The van der Waals surface area contributed by atoms with Crippen LogP contribution in [0.4, 0.5) is 4.39 Å². The second-order valence-electron chi connectivity index (χ2n) is 12.8. The molecular weight excluding hydrogens is 489 g/mol. The predicted octanol–water partition coefficient (Wildman–Crippen LogP) is 5.29. The minimum Gasteiger partial charge on any atom is -0.392 e. The zero-order valence-electron chi connectivity index (χ0n) is 22.0. The summed E-state index contributed by atoms with van der Waals surface area (Å²) in [4.78, 5) is 4.33. The summed E-state index contributed by atoms with van der Waals surface area (Å²) in [6.07, 6.45) is 14.9. The summed E-state index contributed by atoms with van der Waals surface area (Å²) < 4.78 is 42.2. The summed E-state index contributed by atoms with van der Waals surface area (Å²) in [6, 6.07) is 5.05. The second kappa shape index (κ2) is 9.16. The van der Waals surface area contributed by atoms with Gasteiger partial charge in [-0.05, 0) is 86.0 Å². The Balaban J connectivity index is 1.14. The molecule has 5 aliphatic rings. The van der Waals surface area contributed by atoms with E-state index < -0.39 is 16.1 Å². The largest absolute Gasteiger partial charge is 0.392 e. The Hall–Kier alpha value is -1.77. The Morgan fingerprint density at radius 1 is 1.19 bits per heavy atom. The van der Waals surface area contributed by atoms with Crippen LogP contribution >= 0.6 is 0 Å². The zero-order valence-corrected chi connectivity index (χ0v) is 22.8. The molecular formula is C29H40FN3O3S. The number of hydrogen-bond acceptors (Lipinski definition) is 4. The highest BCUT2D eigenvalue weighted by atomic mass is 32.2. The molecule has 0 radical (unpaired) electrons. The van der Waals surface area contributed by atoms with Gasteiger partial charge in [-0.15, -0.1) is 0 Å². The lowest BCUT2D eigenvalue weighted by Crippen LogP contribution is -2.59. The molecule has 4 aliphatic carbocycles. The van der Waals surface area contributed by atoms with E-state index in [0.29, 0.717) is 41.7 Å². The Kier molecular flexibility index (Phi) is 6.32. The smallest absolute Gasteiger partial charge is 0.208 e. The van der Waals surface area contributed by atoms with Gasteiger partial charge in [0.1, 0.15) is 5.82 Å². The summed E-state index contributed by atoms with van der Waals surface area (Å²) in [5.74, 6) is 1.75. The lowest BCUT2D eigenvalue weighted by molar-refractivity contribution is -0.186. The molecule has 1 aromatic heterocycles. The Bertz CT molecular complexity index is 1260. The van der Waals surface area contributed by atoms with Crippen LogP contribution in [0.5, 0.6) is 0 Å². The lowest BCUT2D eigenvalue weighted by atomic mass is 9.39. The van der Waals surface area contributed by atoms with E-state index in [1.165, 1.54) is 31.6 Å². The van der Waals surface area contributed by atoms with Crippen LogP contribution in [0.1, 0.15) is 82.7 Å². The van der Waals surface area contributed by atoms with Crippen molar-refractivity contribution in [3.8, 4) is 11.3 Å². The molecule has 2 heterocycles. The molecule has 8 heteroatoms. The number of imidazole rings is 1. The van der Waals surface area contributed by atoms with Gasteiger partial charge in [-0.25, -0.2) is 22.5 Å². The maximum absolute atomic E-state index is 15.0. The molecule has 2 aromatic rings. The molecule has 1 aliphatic heterocycles. The highest BCUT2D eigenvalue weighted by molar-refractivity contribution is 7.88. The average Bonchev–Trinajstić information content (AvgIpc) is 3.42. The highest BCUT2D eigenvalue weighted by Gasteiger charge is 2.61. The third-order valence-corrected chi connectivity index (χ3v) is 11.4. The van der Waals surface area contributed by atoms with Crippen LogP contribution in [0.15, 0.2) is 30.7 Å². The minimum absolute atomic E-state index is 0.0653. The first kappa shape index (κ1) is 25.5. The van der Waals surface area contributed by atoms with E-state index in [1.54, 1.807) is 18.6 Å². The summed E-state index contributed by atoms with van der Waals surface area (Å²) in [5.41, 5.74) is 2.79. The van der Waals surface area contributed by atoms with Crippen LogP contribution in [0.2, 0.25) is 0 Å². The van der Waals surface area contributed by atoms with E-state index in [4.69, 9.17) is 0 Å². The van der Waals surface area contributed by atoms with Gasteiger partial charge < -0.3 is 9.67 Å². The van der Waals surface area contributed by atoms with Gasteiger partial charge in [-0.2, -0.15) is 0 Å². The SMILES string of the molecule is CC1(CCCCCNS(C)(=O)=O)C2CC3CC1CC(C(O)CC1c4c(F)cccc4-c4cncn41)(C3)C2. The van der Waals surface area contributed by atoms with Gasteiger partial charge in [-0.1, -0.05) is 31.9 Å². The van der Waals surface area contributed by atoms with Crippen molar-refractivity contribution in [1.29, 1.82) is 0 Å². The number of halogens is 1. The highest BCUT2D eigenvalue weighted by Crippen LogP contribution is 2.69. The maximum Gasteiger partial charge on any atom is 0.208 e. The van der Waals surface area contributed by atoms with Crippen molar-refractivity contribution in [2.45, 2.75) is 83.3 Å². The van der Waals surface area contributed by atoms with Gasteiger partial charge in [0.15, 0.2) is 0 Å². The first-order valence-electron chi connectivity index (χ1n) is 14.0. The van der Waals surface area contributed by atoms with Crippen LogP contribution < -0.4 is 4.72 Å². The van der Waals surface area contributed by atoms with Crippen molar-refractivity contribution in [1.82, 2.24) is 14.3 Å². The number of benzene rings is 1. The van der Waals surface area contributed by atoms with Gasteiger partial charge in [0, 0.05) is 17.7 Å². The van der Waals surface area contributed by atoms with E-state index in [9.17, 15) is 13.5 Å². The van der Waals surface area contributed by atoms with Crippen LogP contribution in [0.25, 0.3) is 11.3 Å². The Morgan fingerprint density at radius 2 is 1.95 bits per heavy atom. The zero-order chi connectivity index (χ0) is 26.0. The molecule has 7 rings (SSSR count). The number of rotatable bonds is 10. The minimum atomic E-state index is -3.11. The van der Waals surface area contributed by atoms with Crippen LogP contribution in [0.3, 0.4) is 0 Å². The molecule has 0 amide bonds. The monoisotopic (exact) mass is 529 g/mol. The van der Waals surface area contributed by atoms with Crippen LogP contribution in [0, 0.1) is 34.4 Å². The molecule has 37 heavy (non-hydrogen) atoms. The third kappa shape index (κ3) is 4.37. The molecule has 2 N–H and O–H groups in total. The third-order valence-electron chi connectivity index (χ3n) is 10.7. The number of aliphatic hydroxyl groups is 1. The first-order chi connectivity index (χ1) is 17.6. The van der Waals surface area contributed by atoms with E-state index >= 15 is 4.39 Å². The number of hydrogen-bond donors (Lipinski definition) is 2. The number of fused-ring (bicyclic) bond motifs is 3.